The Kier molecular flexibility index (Phi) is 4.95. The zero-order chi connectivity index (χ0) is 18.2. The first-order chi connectivity index (χ1) is 11.0. The molecule has 24 heavy (non-hydrogen) atoms. The van der Waals surface area contributed by atoms with E-state index in [-0.39, 0.29) is 11.3 Å². The molecule has 130 valence electrons. The summed E-state index contributed by atoms with van der Waals surface area (Å²) in [6.45, 7) is 13.3. The van der Waals surface area contributed by atoms with E-state index in [9.17, 15) is 0 Å². The van der Waals surface area contributed by atoms with Gasteiger partial charge in [-0.15, -0.1) is 0 Å². The van der Waals surface area contributed by atoms with Gasteiger partial charge in [0, 0.05) is 13.0 Å². The van der Waals surface area contributed by atoms with Crippen LogP contribution in [0.3, 0.4) is 0 Å². The van der Waals surface area contributed by atoms with E-state index in [2.05, 4.69) is 65.8 Å². The lowest BCUT2D eigenvalue weighted by molar-refractivity contribution is 0.357. The van der Waals surface area contributed by atoms with Crippen molar-refractivity contribution >= 4 is 11.4 Å². The third-order valence-corrected chi connectivity index (χ3v) is 4.96. The lowest BCUT2D eigenvalue weighted by atomic mass is 9.71. The minimum absolute atomic E-state index is 0.0784. The van der Waals surface area contributed by atoms with Crippen LogP contribution in [-0.2, 0) is 0 Å². The SMILES string of the molecule is Cc1ccc(C(c2ccc(N(C)N)c(N)c2C)C(C)(C)C)cc1C. The Morgan fingerprint density at radius 1 is 0.958 bits per heavy atom. The molecule has 2 aromatic carbocycles. The van der Waals surface area contributed by atoms with Gasteiger partial charge in [-0.1, -0.05) is 45.0 Å². The second-order valence-corrected chi connectivity index (χ2v) is 7.97. The molecule has 0 fully saturated rings. The number of aryl methyl sites for hydroxylation is 2. The van der Waals surface area contributed by atoms with Gasteiger partial charge in [-0.3, -0.25) is 0 Å². The summed E-state index contributed by atoms with van der Waals surface area (Å²) in [5, 5.41) is 1.58. The molecule has 2 aromatic rings. The topological polar surface area (TPSA) is 55.3 Å². The quantitative estimate of drug-likeness (QED) is 0.489. The fourth-order valence-corrected chi connectivity index (χ4v) is 3.44. The van der Waals surface area contributed by atoms with E-state index in [0.29, 0.717) is 0 Å². The molecule has 0 spiro atoms. The van der Waals surface area contributed by atoms with Crippen molar-refractivity contribution in [2.75, 3.05) is 17.8 Å². The van der Waals surface area contributed by atoms with Crippen molar-refractivity contribution in [2.45, 2.75) is 47.5 Å². The molecule has 0 aliphatic heterocycles. The molecule has 4 N–H and O–H groups in total. The predicted octanol–water partition coefficient (Wildman–Crippen LogP) is 4.68. The largest absolute Gasteiger partial charge is 0.397 e. The maximum absolute atomic E-state index is 6.38. The van der Waals surface area contributed by atoms with Crippen LogP contribution in [0, 0.1) is 26.2 Å². The maximum atomic E-state index is 6.38. The van der Waals surface area contributed by atoms with Gasteiger partial charge in [-0.05, 0) is 60.1 Å². The highest BCUT2D eigenvalue weighted by molar-refractivity contribution is 5.72. The van der Waals surface area contributed by atoms with Crippen molar-refractivity contribution in [3.63, 3.8) is 0 Å². The van der Waals surface area contributed by atoms with Crippen LogP contribution in [-0.4, -0.2) is 7.05 Å². The molecule has 0 amide bonds. The third kappa shape index (κ3) is 3.41. The number of hydrogen-bond donors (Lipinski definition) is 2. The second-order valence-electron chi connectivity index (χ2n) is 7.97. The Morgan fingerprint density at radius 2 is 1.58 bits per heavy atom. The smallest absolute Gasteiger partial charge is 0.0746 e. The Morgan fingerprint density at radius 3 is 2.08 bits per heavy atom. The second kappa shape index (κ2) is 6.48. The molecule has 3 nitrogen and oxygen atoms in total. The standard InChI is InChI=1S/C21H31N3/c1-13-8-9-16(12-14(13)2)19(21(4,5)6)17-10-11-18(24(7)23)20(22)15(17)3/h8-12,19H,22-23H2,1-7H3. The van der Waals surface area contributed by atoms with Gasteiger partial charge in [0.15, 0.2) is 0 Å². The number of rotatable bonds is 3. The zero-order valence-corrected chi connectivity index (χ0v) is 16.1. The Balaban J connectivity index is 2.66. The summed E-state index contributed by atoms with van der Waals surface area (Å²) in [6.07, 6.45) is 0. The van der Waals surface area contributed by atoms with Gasteiger partial charge in [0.25, 0.3) is 0 Å². The molecule has 0 bridgehead atoms. The highest BCUT2D eigenvalue weighted by atomic mass is 15.4. The van der Waals surface area contributed by atoms with Crippen LogP contribution in [0.2, 0.25) is 0 Å². The molecule has 0 heterocycles. The van der Waals surface area contributed by atoms with E-state index in [4.69, 9.17) is 11.6 Å². The minimum Gasteiger partial charge on any atom is -0.397 e. The van der Waals surface area contributed by atoms with Crippen LogP contribution >= 0.6 is 0 Å². The molecule has 0 saturated heterocycles. The molecule has 0 aliphatic rings. The van der Waals surface area contributed by atoms with Crippen LogP contribution in [0.1, 0.15) is 54.5 Å². The summed E-state index contributed by atoms with van der Waals surface area (Å²) in [5.74, 6) is 6.17. The van der Waals surface area contributed by atoms with E-state index in [1.807, 2.05) is 13.1 Å². The molecule has 2 rings (SSSR count). The van der Waals surface area contributed by atoms with Crippen molar-refractivity contribution in [1.29, 1.82) is 0 Å². The summed E-state index contributed by atoms with van der Waals surface area (Å²) in [6, 6.07) is 11.0. The van der Waals surface area contributed by atoms with Gasteiger partial charge in [0.2, 0.25) is 0 Å². The van der Waals surface area contributed by atoms with E-state index in [1.54, 1.807) is 5.01 Å². The number of hydrazine groups is 1. The van der Waals surface area contributed by atoms with Crippen molar-refractivity contribution < 1.29 is 0 Å². The van der Waals surface area contributed by atoms with Gasteiger partial charge in [0.1, 0.15) is 0 Å². The molecule has 1 unspecified atom stereocenters. The van der Waals surface area contributed by atoms with Gasteiger partial charge in [-0.25, -0.2) is 5.84 Å². The number of hydrogen-bond acceptors (Lipinski definition) is 3. The molecule has 3 heteroatoms. The van der Waals surface area contributed by atoms with Crippen molar-refractivity contribution in [3.05, 3.63) is 58.1 Å². The molecule has 0 aromatic heterocycles. The molecular formula is C21H31N3. The van der Waals surface area contributed by atoms with Crippen molar-refractivity contribution in [1.82, 2.24) is 0 Å². The fourth-order valence-electron chi connectivity index (χ4n) is 3.44. The number of nitrogens with two attached hydrogens (primary N) is 2. The first-order valence-electron chi connectivity index (χ1n) is 8.48. The minimum atomic E-state index is 0.0784. The first kappa shape index (κ1) is 18.3. The molecule has 1 atom stereocenters. The van der Waals surface area contributed by atoms with Crippen LogP contribution < -0.4 is 16.6 Å². The monoisotopic (exact) mass is 325 g/mol. The van der Waals surface area contributed by atoms with Gasteiger partial charge in [0.05, 0.1) is 11.4 Å². The van der Waals surface area contributed by atoms with Gasteiger partial charge in [-0.2, -0.15) is 0 Å². The Hall–Kier alpha value is -2.00. The number of benzene rings is 2. The zero-order valence-electron chi connectivity index (χ0n) is 16.1. The van der Waals surface area contributed by atoms with Crippen LogP contribution in [0.5, 0.6) is 0 Å². The average Bonchev–Trinajstić information content (AvgIpc) is 2.46. The highest BCUT2D eigenvalue weighted by Crippen LogP contribution is 2.44. The van der Waals surface area contributed by atoms with E-state index < -0.39 is 0 Å². The maximum Gasteiger partial charge on any atom is 0.0746 e. The van der Waals surface area contributed by atoms with E-state index >= 15 is 0 Å². The normalized spacial score (nSPS) is 13.0. The van der Waals surface area contributed by atoms with Crippen LogP contribution in [0.25, 0.3) is 0 Å². The van der Waals surface area contributed by atoms with E-state index in [0.717, 1.165) is 16.9 Å². The van der Waals surface area contributed by atoms with Crippen LogP contribution in [0.4, 0.5) is 11.4 Å². The lowest BCUT2D eigenvalue weighted by Gasteiger charge is -2.34. The number of nitrogens with zero attached hydrogens (tertiary/aromatic N) is 1. The highest BCUT2D eigenvalue weighted by Gasteiger charge is 2.30. The predicted molar refractivity (Wildman–Crippen MR) is 105 cm³/mol. The summed E-state index contributed by atoms with van der Waals surface area (Å²) in [5.41, 5.74) is 14.4. The summed E-state index contributed by atoms with van der Waals surface area (Å²) >= 11 is 0. The first-order valence-corrected chi connectivity index (χ1v) is 8.48. The summed E-state index contributed by atoms with van der Waals surface area (Å²) in [4.78, 5) is 0. The lowest BCUT2D eigenvalue weighted by Crippen LogP contribution is -2.27. The van der Waals surface area contributed by atoms with Crippen molar-refractivity contribution in [3.8, 4) is 0 Å². The molecule has 0 saturated carbocycles. The van der Waals surface area contributed by atoms with Gasteiger partial charge >= 0.3 is 0 Å². The summed E-state index contributed by atoms with van der Waals surface area (Å²) < 4.78 is 0. The Bertz CT molecular complexity index is 739. The fraction of sp³-hybridized carbons (Fsp3) is 0.429. The Labute approximate surface area is 146 Å². The van der Waals surface area contributed by atoms with Crippen molar-refractivity contribution in [2.24, 2.45) is 11.3 Å². The average molecular weight is 326 g/mol. The molecular weight excluding hydrogens is 294 g/mol. The van der Waals surface area contributed by atoms with Gasteiger partial charge < -0.3 is 10.7 Å². The molecule has 0 radical (unpaired) electrons. The summed E-state index contributed by atoms with van der Waals surface area (Å²) in [7, 11) is 1.81. The third-order valence-electron chi connectivity index (χ3n) is 4.96. The molecule has 0 aliphatic carbocycles. The van der Waals surface area contributed by atoms with Crippen LogP contribution in [0.15, 0.2) is 30.3 Å². The van der Waals surface area contributed by atoms with E-state index in [1.165, 1.54) is 22.3 Å². The number of nitrogen functional groups attached to an aromatic ring is 1. The number of anilines is 2.